The molecule has 0 aliphatic carbocycles. The van der Waals surface area contributed by atoms with Gasteiger partial charge in [-0.05, 0) is 0 Å². The average Bonchev–Trinajstić information content (AvgIpc) is 2.03. The Balaban J connectivity index is 3.35. The molecule has 0 aliphatic heterocycles. The van der Waals surface area contributed by atoms with Crippen LogP contribution in [-0.2, 0) is 0 Å². The molecule has 0 bridgehead atoms. The van der Waals surface area contributed by atoms with Crippen molar-refractivity contribution in [3.63, 3.8) is 0 Å². The van der Waals surface area contributed by atoms with Gasteiger partial charge in [-0.25, -0.2) is 9.59 Å². The summed E-state index contributed by atoms with van der Waals surface area (Å²) in [6, 6.07) is 1.63. The quantitative estimate of drug-likeness (QED) is 0.588. The average molecular weight is 184 g/mol. The van der Waals surface area contributed by atoms with Crippen molar-refractivity contribution >= 4 is 11.9 Å². The standard InChI is InChI=1S/C7H5NO5/c9-3-1-4(6(10)11)8-5(2-3)7(12)13/h1-2H,(H,8,9)(H,10,11)(H,12,13)/i8+1. The molecule has 0 atom stereocenters. The summed E-state index contributed by atoms with van der Waals surface area (Å²) in [6.07, 6.45) is 0. The Bertz CT molecular complexity index is 384. The van der Waals surface area contributed by atoms with E-state index >= 15 is 0 Å². The van der Waals surface area contributed by atoms with Crippen molar-refractivity contribution in [3.05, 3.63) is 33.7 Å². The maximum absolute atomic E-state index is 10.8. The molecule has 13 heavy (non-hydrogen) atoms. The number of aromatic carboxylic acids is 2. The first kappa shape index (κ1) is 8.98. The summed E-state index contributed by atoms with van der Waals surface area (Å²) in [5.74, 6) is -2.75. The number of carbonyl (C=O) groups is 2. The molecule has 0 unspecified atom stereocenters. The first-order valence-electron chi connectivity index (χ1n) is 3.21. The van der Waals surface area contributed by atoms with Crippen molar-refractivity contribution in [2.75, 3.05) is 0 Å². The number of H-pyrrole nitrogens is 1. The zero-order valence-electron chi connectivity index (χ0n) is 6.27. The van der Waals surface area contributed by atoms with E-state index in [1.54, 1.807) is 0 Å². The number of hydrogen-bond acceptors (Lipinski definition) is 3. The lowest BCUT2D eigenvalue weighted by atomic mass is 10.3. The summed E-state index contributed by atoms with van der Waals surface area (Å²) in [7, 11) is 0. The molecule has 0 saturated carbocycles. The highest BCUT2D eigenvalue weighted by molar-refractivity contribution is 5.89. The van der Waals surface area contributed by atoms with E-state index in [-0.39, 0.29) is 0 Å². The molecule has 3 N–H and O–H groups in total. The van der Waals surface area contributed by atoms with Gasteiger partial charge >= 0.3 is 11.9 Å². The third kappa shape index (κ3) is 1.92. The van der Waals surface area contributed by atoms with E-state index in [1.807, 2.05) is 0 Å². The number of carboxylic acid groups (broad SMARTS) is 2. The van der Waals surface area contributed by atoms with Crippen LogP contribution in [-0.4, -0.2) is 27.1 Å². The summed E-state index contributed by atoms with van der Waals surface area (Å²) < 4.78 is 0. The zero-order valence-corrected chi connectivity index (χ0v) is 6.27. The Morgan fingerprint density at radius 2 is 1.46 bits per heavy atom. The number of nitrogens with one attached hydrogen (secondary N) is 1. The third-order valence-electron chi connectivity index (χ3n) is 1.30. The van der Waals surface area contributed by atoms with Gasteiger partial charge in [-0.15, -0.1) is 0 Å². The van der Waals surface area contributed by atoms with Gasteiger partial charge < -0.3 is 15.2 Å². The summed E-state index contributed by atoms with van der Waals surface area (Å²) >= 11 is 0. The molecule has 68 valence electrons. The number of aromatic amines is 1. The predicted octanol–water partition coefficient (Wildman–Crippen LogP) is -0.229. The van der Waals surface area contributed by atoms with Crippen LogP contribution in [0.1, 0.15) is 21.0 Å². The normalized spacial score (nSPS) is 9.54. The highest BCUT2D eigenvalue weighted by atomic mass is 16.4. The fraction of sp³-hybridized carbons (Fsp3) is 0. The van der Waals surface area contributed by atoms with Crippen LogP contribution >= 0.6 is 0 Å². The minimum Gasteiger partial charge on any atom is -0.477 e. The van der Waals surface area contributed by atoms with Crippen LogP contribution in [0.25, 0.3) is 0 Å². The van der Waals surface area contributed by atoms with Crippen LogP contribution in [0.4, 0.5) is 0 Å². The Labute approximate surface area is 71.5 Å². The number of carboxylic acids is 2. The minimum absolute atomic E-state index is 0.440. The molecule has 6 nitrogen and oxygen atoms in total. The number of hydrogen-bond donors (Lipinski definition) is 3. The molecule has 0 aliphatic rings. The number of pyridine rings is 1. The second-order valence-electron chi connectivity index (χ2n) is 2.25. The van der Waals surface area contributed by atoms with Gasteiger partial charge in [-0.2, -0.15) is 0 Å². The first-order valence-corrected chi connectivity index (χ1v) is 3.21. The van der Waals surface area contributed by atoms with E-state index in [2.05, 4.69) is 4.98 Å². The molecule has 0 radical (unpaired) electrons. The van der Waals surface area contributed by atoms with Crippen LogP contribution in [0.2, 0.25) is 0 Å². The molecule has 0 saturated heterocycles. The van der Waals surface area contributed by atoms with Crippen LogP contribution in [0.3, 0.4) is 0 Å². The third-order valence-corrected chi connectivity index (χ3v) is 1.30. The largest absolute Gasteiger partial charge is 0.477 e. The zero-order chi connectivity index (χ0) is 10.0. The van der Waals surface area contributed by atoms with E-state index in [9.17, 15) is 14.4 Å². The van der Waals surface area contributed by atoms with Crippen LogP contribution in [0.15, 0.2) is 16.9 Å². The lowest BCUT2D eigenvalue weighted by Gasteiger charge is -1.96. The molecule has 0 amide bonds. The van der Waals surface area contributed by atoms with Gasteiger partial charge in [0.15, 0.2) is 5.43 Å². The first-order chi connectivity index (χ1) is 6.00. The lowest BCUT2D eigenvalue weighted by molar-refractivity contribution is 0.0685. The van der Waals surface area contributed by atoms with Crippen molar-refractivity contribution < 1.29 is 19.8 Å². The van der Waals surface area contributed by atoms with Crippen LogP contribution < -0.4 is 5.43 Å². The second-order valence-corrected chi connectivity index (χ2v) is 2.25. The van der Waals surface area contributed by atoms with Gasteiger partial charge in [0.25, 0.3) is 0 Å². The maximum atomic E-state index is 10.8. The van der Waals surface area contributed by atoms with Crippen molar-refractivity contribution in [1.82, 2.24) is 4.98 Å². The summed E-state index contributed by atoms with van der Waals surface area (Å²) in [5.41, 5.74) is -1.54. The molecule has 6 heteroatoms. The maximum Gasteiger partial charge on any atom is 0.352 e. The topological polar surface area (TPSA) is 107 Å². The van der Waals surface area contributed by atoms with E-state index in [0.29, 0.717) is 0 Å². The van der Waals surface area contributed by atoms with Crippen molar-refractivity contribution in [2.45, 2.75) is 0 Å². The fourth-order valence-electron chi connectivity index (χ4n) is 0.774. The fourth-order valence-corrected chi connectivity index (χ4v) is 0.774. The van der Waals surface area contributed by atoms with Gasteiger partial charge in [0.1, 0.15) is 11.4 Å². The monoisotopic (exact) mass is 184 g/mol. The Hall–Kier alpha value is -2.11. The Morgan fingerprint density at radius 3 is 1.77 bits per heavy atom. The molecule has 0 spiro atoms. The van der Waals surface area contributed by atoms with E-state index in [1.165, 1.54) is 0 Å². The Morgan fingerprint density at radius 1 is 1.08 bits per heavy atom. The molecular formula is C7H5NO5. The molecule has 0 fully saturated rings. The number of aromatic nitrogens is 1. The molecule has 0 aromatic carbocycles. The molecular weight excluding hydrogens is 179 g/mol. The summed E-state index contributed by atoms with van der Waals surface area (Å²) in [5, 5.41) is 16.9. The van der Waals surface area contributed by atoms with E-state index in [0.717, 1.165) is 12.1 Å². The summed E-state index contributed by atoms with van der Waals surface area (Å²) in [6.45, 7) is 0. The molecule has 1 aromatic heterocycles. The second kappa shape index (κ2) is 3.10. The smallest absolute Gasteiger partial charge is 0.352 e. The van der Waals surface area contributed by atoms with Crippen LogP contribution in [0, 0.1) is 0 Å². The molecule has 1 aromatic rings. The predicted molar refractivity (Wildman–Crippen MR) is 41.0 cm³/mol. The highest BCUT2D eigenvalue weighted by Gasteiger charge is 2.09. The number of rotatable bonds is 2. The van der Waals surface area contributed by atoms with Crippen molar-refractivity contribution in [2.24, 2.45) is 0 Å². The Kier molecular flexibility index (Phi) is 2.14. The lowest BCUT2D eigenvalue weighted by Crippen LogP contribution is -2.13. The van der Waals surface area contributed by atoms with Gasteiger partial charge in [-0.1, -0.05) is 0 Å². The minimum atomic E-state index is -1.37. The van der Waals surface area contributed by atoms with Gasteiger partial charge in [0, 0.05) is 12.1 Å². The SMILES string of the molecule is O=C(O)c1cc(=O)cc(C(=O)O)[15nH]1. The van der Waals surface area contributed by atoms with E-state index < -0.39 is 28.8 Å². The molecule has 1 heterocycles. The van der Waals surface area contributed by atoms with Gasteiger partial charge in [0.2, 0.25) is 0 Å². The highest BCUT2D eigenvalue weighted by Crippen LogP contribution is 1.94. The van der Waals surface area contributed by atoms with E-state index in [4.69, 9.17) is 10.2 Å². The summed E-state index contributed by atoms with van der Waals surface area (Å²) in [4.78, 5) is 33.6. The van der Waals surface area contributed by atoms with Crippen molar-refractivity contribution in [3.8, 4) is 0 Å². The van der Waals surface area contributed by atoms with Crippen LogP contribution in [0.5, 0.6) is 0 Å². The molecule has 1 rings (SSSR count). The van der Waals surface area contributed by atoms with Gasteiger partial charge in [0.05, 0.1) is 0 Å². The van der Waals surface area contributed by atoms with Gasteiger partial charge in [-0.3, -0.25) is 4.79 Å². The van der Waals surface area contributed by atoms with Crippen molar-refractivity contribution in [1.29, 1.82) is 0 Å².